The molecule has 4 atom stereocenters. The van der Waals surface area contributed by atoms with E-state index < -0.39 is 0 Å². The van der Waals surface area contributed by atoms with Gasteiger partial charge < -0.3 is 19.5 Å². The van der Waals surface area contributed by atoms with E-state index in [0.29, 0.717) is 18.4 Å². The second-order valence-electron chi connectivity index (χ2n) is 7.73. The van der Waals surface area contributed by atoms with Crippen molar-refractivity contribution < 1.29 is 14.3 Å². The van der Waals surface area contributed by atoms with Gasteiger partial charge in [0.05, 0.1) is 29.5 Å². The van der Waals surface area contributed by atoms with Gasteiger partial charge in [-0.3, -0.25) is 9.59 Å². The molecule has 27 heavy (non-hydrogen) atoms. The second kappa shape index (κ2) is 7.31. The summed E-state index contributed by atoms with van der Waals surface area (Å²) in [6.07, 6.45) is 3.49. The van der Waals surface area contributed by atoms with E-state index in [-0.39, 0.29) is 24.0 Å². The standard InChI is InChI=1S/C20H26N4O3/c1-13(25)22-17-7-14-9-23(10-15(14)8-19(17)27-2)20(26)11-24-12-21-16-5-3-4-6-18(16)24/h3-6,12,14-15,17,19H,7-11H2,1-2H3,(H,22,25)/t14-,15+,17-,19-/m1/s1. The highest BCUT2D eigenvalue weighted by atomic mass is 16.5. The lowest BCUT2D eigenvalue weighted by atomic mass is 9.77. The van der Waals surface area contributed by atoms with E-state index >= 15 is 0 Å². The number of ether oxygens (including phenoxy) is 1. The first-order chi connectivity index (χ1) is 13.0. The van der Waals surface area contributed by atoms with Gasteiger partial charge in [-0.15, -0.1) is 0 Å². The maximum absolute atomic E-state index is 12.9. The van der Waals surface area contributed by atoms with Crippen LogP contribution in [0.3, 0.4) is 0 Å². The molecule has 2 fully saturated rings. The van der Waals surface area contributed by atoms with E-state index in [1.165, 1.54) is 0 Å². The zero-order chi connectivity index (χ0) is 19.0. The zero-order valence-electron chi connectivity index (χ0n) is 15.8. The highest BCUT2D eigenvalue weighted by Gasteiger charge is 2.43. The first-order valence-electron chi connectivity index (χ1n) is 9.52. The van der Waals surface area contributed by atoms with Crippen molar-refractivity contribution in [3.63, 3.8) is 0 Å². The second-order valence-corrected chi connectivity index (χ2v) is 7.73. The summed E-state index contributed by atoms with van der Waals surface area (Å²) in [7, 11) is 1.70. The maximum Gasteiger partial charge on any atom is 0.242 e. The highest BCUT2D eigenvalue weighted by Crippen LogP contribution is 2.37. The summed E-state index contributed by atoms with van der Waals surface area (Å²) >= 11 is 0. The van der Waals surface area contributed by atoms with Crippen molar-refractivity contribution in [1.82, 2.24) is 19.8 Å². The number of methoxy groups -OCH3 is 1. The smallest absolute Gasteiger partial charge is 0.242 e. The van der Waals surface area contributed by atoms with Crippen LogP contribution < -0.4 is 5.32 Å². The van der Waals surface area contributed by atoms with E-state index in [0.717, 1.165) is 37.0 Å². The maximum atomic E-state index is 12.9. The lowest BCUT2D eigenvalue weighted by Gasteiger charge is -2.37. The van der Waals surface area contributed by atoms with Crippen molar-refractivity contribution in [3.8, 4) is 0 Å². The van der Waals surface area contributed by atoms with Gasteiger partial charge in [-0.1, -0.05) is 12.1 Å². The molecule has 0 bridgehead atoms. The van der Waals surface area contributed by atoms with Crippen LogP contribution in [0, 0.1) is 11.8 Å². The molecule has 1 aliphatic heterocycles. The molecule has 0 spiro atoms. The minimum Gasteiger partial charge on any atom is -0.379 e. The van der Waals surface area contributed by atoms with Gasteiger partial charge >= 0.3 is 0 Å². The molecule has 1 saturated carbocycles. The number of para-hydroxylation sites is 2. The molecule has 4 rings (SSSR count). The number of carbonyl (C=O) groups is 2. The van der Waals surface area contributed by atoms with Crippen LogP contribution in [0.4, 0.5) is 0 Å². The van der Waals surface area contributed by atoms with Crippen LogP contribution in [0.5, 0.6) is 0 Å². The molecule has 2 amide bonds. The summed E-state index contributed by atoms with van der Waals surface area (Å²) in [4.78, 5) is 30.7. The van der Waals surface area contributed by atoms with Crippen molar-refractivity contribution in [1.29, 1.82) is 0 Å². The molecule has 0 radical (unpaired) electrons. The number of nitrogens with one attached hydrogen (secondary N) is 1. The molecule has 144 valence electrons. The molecule has 2 aliphatic rings. The highest BCUT2D eigenvalue weighted by molar-refractivity contribution is 5.80. The van der Waals surface area contributed by atoms with Crippen LogP contribution in [0.2, 0.25) is 0 Å². The Morgan fingerprint density at radius 3 is 2.70 bits per heavy atom. The lowest BCUT2D eigenvalue weighted by Crippen LogP contribution is -2.49. The predicted octanol–water partition coefficient (Wildman–Crippen LogP) is 1.42. The van der Waals surface area contributed by atoms with Crippen LogP contribution >= 0.6 is 0 Å². The van der Waals surface area contributed by atoms with Crippen LogP contribution in [0.25, 0.3) is 11.0 Å². The van der Waals surface area contributed by atoms with Crippen LogP contribution in [-0.4, -0.2) is 58.6 Å². The van der Waals surface area contributed by atoms with E-state index in [2.05, 4.69) is 10.3 Å². The largest absolute Gasteiger partial charge is 0.379 e. The van der Waals surface area contributed by atoms with Crippen molar-refractivity contribution in [2.45, 2.75) is 38.5 Å². The Kier molecular flexibility index (Phi) is 4.86. The number of amides is 2. The number of hydrogen-bond acceptors (Lipinski definition) is 4. The van der Waals surface area contributed by atoms with Crippen molar-refractivity contribution in [2.24, 2.45) is 11.8 Å². The SMILES string of the molecule is CO[C@@H]1C[C@H]2CN(C(=O)Cn3cnc4ccccc43)C[C@H]2C[C@H]1NC(C)=O. The fourth-order valence-electron chi connectivity index (χ4n) is 4.67. The van der Waals surface area contributed by atoms with Gasteiger partial charge in [-0.2, -0.15) is 0 Å². The molecule has 0 unspecified atom stereocenters. The Bertz CT molecular complexity index is 849. The fraction of sp³-hybridized carbons (Fsp3) is 0.550. The van der Waals surface area contributed by atoms with E-state index in [4.69, 9.17) is 4.74 Å². The molecule has 7 heteroatoms. The molecule has 1 N–H and O–H groups in total. The average Bonchev–Trinajstić information content (AvgIpc) is 3.24. The number of nitrogens with zero attached hydrogens (tertiary/aromatic N) is 3. The van der Waals surface area contributed by atoms with E-state index in [9.17, 15) is 9.59 Å². The fourth-order valence-corrected chi connectivity index (χ4v) is 4.67. The quantitative estimate of drug-likeness (QED) is 0.883. The molecule has 1 aliphatic carbocycles. The van der Waals surface area contributed by atoms with Gasteiger partial charge in [0.1, 0.15) is 6.54 Å². The van der Waals surface area contributed by atoms with Crippen molar-refractivity contribution >= 4 is 22.8 Å². The first kappa shape index (κ1) is 18.0. The van der Waals surface area contributed by atoms with Gasteiger partial charge in [-0.05, 0) is 36.8 Å². The summed E-state index contributed by atoms with van der Waals surface area (Å²) in [5, 5.41) is 3.02. The Balaban J connectivity index is 1.43. The van der Waals surface area contributed by atoms with Gasteiger partial charge in [0.2, 0.25) is 11.8 Å². The Hall–Kier alpha value is -2.41. The third kappa shape index (κ3) is 3.56. The van der Waals surface area contributed by atoms with Gasteiger partial charge in [0, 0.05) is 27.1 Å². The first-order valence-corrected chi connectivity index (χ1v) is 9.52. The number of rotatable bonds is 4. The summed E-state index contributed by atoms with van der Waals surface area (Å²) in [6, 6.07) is 7.88. The lowest BCUT2D eigenvalue weighted by molar-refractivity contribution is -0.131. The van der Waals surface area contributed by atoms with Crippen LogP contribution in [0.15, 0.2) is 30.6 Å². The number of benzene rings is 1. The number of imidazole rings is 1. The van der Waals surface area contributed by atoms with E-state index in [1.54, 1.807) is 20.4 Å². The number of hydrogen-bond donors (Lipinski definition) is 1. The number of carbonyl (C=O) groups excluding carboxylic acids is 2. The number of likely N-dealkylation sites (tertiary alicyclic amines) is 1. The normalized spacial score (nSPS) is 27.6. The minimum absolute atomic E-state index is 0.0165. The molecule has 1 aromatic heterocycles. The van der Waals surface area contributed by atoms with Crippen molar-refractivity contribution in [3.05, 3.63) is 30.6 Å². The van der Waals surface area contributed by atoms with Gasteiger partial charge in [-0.25, -0.2) is 4.98 Å². The molecule has 1 saturated heterocycles. The number of aromatic nitrogens is 2. The molecule has 7 nitrogen and oxygen atoms in total. The van der Waals surface area contributed by atoms with Gasteiger partial charge in [0.15, 0.2) is 0 Å². The Morgan fingerprint density at radius 2 is 1.96 bits per heavy atom. The Morgan fingerprint density at radius 1 is 1.22 bits per heavy atom. The van der Waals surface area contributed by atoms with Crippen LogP contribution in [-0.2, 0) is 20.9 Å². The summed E-state index contributed by atoms with van der Waals surface area (Å²) in [5.74, 6) is 0.941. The molecular formula is C20H26N4O3. The summed E-state index contributed by atoms with van der Waals surface area (Å²) < 4.78 is 7.53. The molecule has 2 heterocycles. The molecule has 1 aromatic carbocycles. The predicted molar refractivity (Wildman–Crippen MR) is 101 cm³/mol. The third-order valence-electron chi connectivity index (χ3n) is 5.99. The van der Waals surface area contributed by atoms with Crippen LogP contribution in [0.1, 0.15) is 19.8 Å². The zero-order valence-corrected chi connectivity index (χ0v) is 15.8. The average molecular weight is 370 g/mol. The summed E-state index contributed by atoms with van der Waals surface area (Å²) in [5.41, 5.74) is 1.88. The monoisotopic (exact) mass is 370 g/mol. The van der Waals surface area contributed by atoms with Crippen molar-refractivity contribution in [2.75, 3.05) is 20.2 Å². The Labute approximate surface area is 158 Å². The van der Waals surface area contributed by atoms with E-state index in [1.807, 2.05) is 33.7 Å². The topological polar surface area (TPSA) is 76.5 Å². The molecular weight excluding hydrogens is 344 g/mol. The summed E-state index contributed by atoms with van der Waals surface area (Å²) in [6.45, 7) is 3.37. The number of fused-ring (bicyclic) bond motifs is 2. The minimum atomic E-state index is -0.0292. The van der Waals surface area contributed by atoms with Gasteiger partial charge in [0.25, 0.3) is 0 Å². The molecule has 2 aromatic rings. The third-order valence-corrected chi connectivity index (χ3v) is 5.99.